The van der Waals surface area contributed by atoms with Gasteiger partial charge in [0, 0.05) is 0 Å². The molecular formula is C8H10AuN. The van der Waals surface area contributed by atoms with Crippen LogP contribution in [-0.2, 0) is 21.1 Å². The van der Waals surface area contributed by atoms with E-state index in [4.69, 9.17) is 0 Å². The van der Waals surface area contributed by atoms with Crippen LogP contribution in [0.25, 0.3) is 0 Å². The van der Waals surface area contributed by atoms with Gasteiger partial charge in [-0.25, -0.2) is 0 Å². The molecular weight excluding hydrogens is 307 g/mol. The van der Waals surface area contributed by atoms with Crippen molar-refractivity contribution in [3.05, 3.63) is 24.3 Å². The summed E-state index contributed by atoms with van der Waals surface area (Å²) in [5, 5.41) is 0. The van der Waals surface area contributed by atoms with Crippen molar-refractivity contribution in [1.82, 2.24) is 0 Å². The van der Waals surface area contributed by atoms with Gasteiger partial charge in [-0.2, -0.15) is 0 Å². The molecule has 10 heavy (non-hydrogen) atoms. The summed E-state index contributed by atoms with van der Waals surface area (Å²) in [6.07, 6.45) is 8.12. The van der Waals surface area contributed by atoms with E-state index >= 15 is 0 Å². The molecule has 0 aromatic carbocycles. The Morgan fingerprint density at radius 1 is 1.50 bits per heavy atom. The molecule has 1 atom stereocenters. The normalized spacial score (nSPS) is 31.8. The van der Waals surface area contributed by atoms with E-state index in [2.05, 4.69) is 39.1 Å². The fourth-order valence-electron chi connectivity index (χ4n) is 0.825. The molecule has 0 radical (unpaired) electrons. The average molecular weight is 317 g/mol. The third kappa shape index (κ3) is 2.25. The van der Waals surface area contributed by atoms with Gasteiger partial charge in [-0.05, 0) is 0 Å². The Morgan fingerprint density at radius 2 is 2.20 bits per heavy atom. The van der Waals surface area contributed by atoms with Gasteiger partial charge in [-0.3, -0.25) is 0 Å². The molecule has 0 N–H and O–H groups in total. The molecule has 1 rings (SSSR count). The van der Waals surface area contributed by atoms with E-state index in [1.165, 1.54) is 0 Å². The van der Waals surface area contributed by atoms with E-state index in [0.717, 1.165) is 5.71 Å². The molecule has 2 heteroatoms. The number of aliphatic imine (C=N–C) groups is 1. The minimum atomic E-state index is -0.0758. The van der Waals surface area contributed by atoms with Crippen molar-refractivity contribution in [2.75, 3.05) is 0 Å². The molecule has 0 saturated heterocycles. The molecule has 0 bridgehead atoms. The van der Waals surface area contributed by atoms with Crippen molar-refractivity contribution in [3.8, 4) is 0 Å². The third-order valence-corrected chi connectivity index (χ3v) is 1.83. The van der Waals surface area contributed by atoms with Crippen LogP contribution in [0.4, 0.5) is 0 Å². The van der Waals surface area contributed by atoms with Crippen LogP contribution < -0.4 is 0 Å². The zero-order valence-corrected chi connectivity index (χ0v) is 8.22. The predicted octanol–water partition coefficient (Wildman–Crippen LogP) is 1.84. The number of nitrogens with zero attached hydrogens (tertiary/aromatic N) is 1. The van der Waals surface area contributed by atoms with E-state index in [9.17, 15) is 0 Å². The van der Waals surface area contributed by atoms with Gasteiger partial charge in [-0.1, -0.05) is 0 Å². The van der Waals surface area contributed by atoms with Gasteiger partial charge in [0.05, 0.1) is 0 Å². The fraction of sp³-hybridized carbons (Fsp3) is 0.375. The summed E-state index contributed by atoms with van der Waals surface area (Å²) in [6, 6.07) is 0. The first-order valence-electron chi connectivity index (χ1n) is 3.18. The number of allylic oxidation sites excluding steroid dienone is 3. The van der Waals surface area contributed by atoms with Crippen LogP contribution in [-0.4, -0.2) is 9.47 Å². The summed E-state index contributed by atoms with van der Waals surface area (Å²) < 4.78 is -0.0758. The van der Waals surface area contributed by atoms with Crippen LogP contribution in [0.3, 0.4) is 0 Å². The Kier molecular flexibility index (Phi) is 2.29. The molecule has 0 fully saturated rings. The number of hydrogen-bond donors (Lipinski definition) is 0. The molecule has 0 aliphatic carbocycles. The van der Waals surface area contributed by atoms with Crippen molar-refractivity contribution >= 4 is 5.71 Å². The third-order valence-electron chi connectivity index (χ3n) is 1.22. The van der Waals surface area contributed by atoms with Gasteiger partial charge >= 0.3 is 73.7 Å². The molecule has 0 spiro atoms. The second-order valence-corrected chi connectivity index (χ2v) is 4.61. The maximum atomic E-state index is 4.43. The second kappa shape index (κ2) is 2.87. The van der Waals surface area contributed by atoms with Gasteiger partial charge in [0.2, 0.25) is 0 Å². The number of rotatable bonds is 0. The molecule has 0 amide bonds. The Labute approximate surface area is 73.8 Å². The molecule has 0 saturated carbocycles. The van der Waals surface area contributed by atoms with Crippen LogP contribution in [0.15, 0.2) is 29.3 Å². The first-order valence-corrected chi connectivity index (χ1v) is 4.26. The Bertz CT molecular complexity index is 211. The first kappa shape index (κ1) is 7.99. The van der Waals surface area contributed by atoms with Gasteiger partial charge in [0.25, 0.3) is 0 Å². The van der Waals surface area contributed by atoms with E-state index in [1.807, 2.05) is 25.2 Å². The van der Waals surface area contributed by atoms with Crippen LogP contribution in [0.2, 0.25) is 0 Å². The van der Waals surface area contributed by atoms with Crippen LogP contribution >= 0.6 is 0 Å². The summed E-state index contributed by atoms with van der Waals surface area (Å²) in [4.78, 5) is 4.43. The van der Waals surface area contributed by atoms with Gasteiger partial charge in [0.15, 0.2) is 0 Å². The Hall–Kier alpha value is -0.110. The first-order chi connectivity index (χ1) is 4.60. The van der Waals surface area contributed by atoms with E-state index in [1.54, 1.807) is 0 Å². The molecule has 1 aliphatic heterocycles. The second-order valence-electron chi connectivity index (χ2n) is 2.42. The van der Waals surface area contributed by atoms with Crippen molar-refractivity contribution < 1.29 is 21.1 Å². The summed E-state index contributed by atoms with van der Waals surface area (Å²) >= 11 is 2.50. The molecule has 0 aromatic rings. The monoisotopic (exact) mass is 317 g/mol. The quantitative estimate of drug-likeness (QED) is 0.605. The topological polar surface area (TPSA) is 12.4 Å². The molecule has 1 aliphatic rings. The molecule has 0 aromatic heterocycles. The van der Waals surface area contributed by atoms with Crippen LogP contribution in [0.5, 0.6) is 0 Å². The van der Waals surface area contributed by atoms with Gasteiger partial charge < -0.3 is 0 Å². The SMILES string of the molecule is CC1=N[C](C)([Au])C=CC=C1. The van der Waals surface area contributed by atoms with E-state index < -0.39 is 0 Å². The predicted molar refractivity (Wildman–Crippen MR) is 39.8 cm³/mol. The van der Waals surface area contributed by atoms with Crippen LogP contribution in [0, 0.1) is 0 Å². The zero-order chi connectivity index (χ0) is 7.61. The van der Waals surface area contributed by atoms with Crippen molar-refractivity contribution in [1.29, 1.82) is 0 Å². The minimum absolute atomic E-state index is 0.0758. The Balaban J connectivity index is 2.93. The molecule has 1 unspecified atom stereocenters. The summed E-state index contributed by atoms with van der Waals surface area (Å²) in [6.45, 7) is 4.08. The summed E-state index contributed by atoms with van der Waals surface area (Å²) in [7, 11) is 0. The average Bonchev–Trinajstić information content (AvgIpc) is 1.90. The van der Waals surface area contributed by atoms with E-state index in [-0.39, 0.29) is 3.76 Å². The van der Waals surface area contributed by atoms with Crippen molar-refractivity contribution in [2.24, 2.45) is 4.99 Å². The van der Waals surface area contributed by atoms with Crippen LogP contribution in [0.1, 0.15) is 13.8 Å². The molecule has 1 heterocycles. The molecule has 58 valence electrons. The summed E-state index contributed by atoms with van der Waals surface area (Å²) in [5.41, 5.74) is 1.08. The number of hydrogen-bond acceptors (Lipinski definition) is 1. The maximum absolute atomic E-state index is 4.43. The van der Waals surface area contributed by atoms with Gasteiger partial charge in [0.1, 0.15) is 0 Å². The molecule has 1 nitrogen and oxygen atoms in total. The van der Waals surface area contributed by atoms with Crippen molar-refractivity contribution in [3.63, 3.8) is 0 Å². The van der Waals surface area contributed by atoms with Crippen molar-refractivity contribution in [2.45, 2.75) is 17.6 Å². The fourth-order valence-corrected chi connectivity index (χ4v) is 1.42. The zero-order valence-electron chi connectivity index (χ0n) is 6.06. The van der Waals surface area contributed by atoms with Gasteiger partial charge in [-0.15, -0.1) is 0 Å². The Morgan fingerprint density at radius 3 is 2.90 bits per heavy atom. The standard InChI is InChI=1S/C8H10N.Au/c1-7-5-3-4-6-8(2)9-7;/h3-6H,1-2H3;. The summed E-state index contributed by atoms with van der Waals surface area (Å²) in [5.74, 6) is 0. The van der Waals surface area contributed by atoms with E-state index in [0.29, 0.717) is 0 Å².